The van der Waals surface area contributed by atoms with Gasteiger partial charge in [0.1, 0.15) is 11.6 Å². The third-order valence-electron chi connectivity index (χ3n) is 4.96. The summed E-state index contributed by atoms with van der Waals surface area (Å²) in [6, 6.07) is 21.9. The Morgan fingerprint density at radius 1 is 0.970 bits per heavy atom. The van der Waals surface area contributed by atoms with E-state index in [1.807, 2.05) is 24.3 Å². The number of nitrogens with zero attached hydrogens (tertiary/aromatic N) is 1. The Bertz CT molecular complexity index is 1570. The van der Waals surface area contributed by atoms with Gasteiger partial charge in [0.2, 0.25) is 10.0 Å². The molecule has 2 N–H and O–H groups in total. The van der Waals surface area contributed by atoms with Gasteiger partial charge in [0.15, 0.2) is 4.34 Å². The number of phenolic OH excluding ortho intramolecular Hbond substituents is 1. The monoisotopic (exact) mass is 496 g/mol. The Labute approximate surface area is 198 Å². The minimum absolute atomic E-state index is 0.0583. The number of halogens is 1. The molecule has 0 spiro atoms. The molecule has 5 aromatic rings. The largest absolute Gasteiger partial charge is 0.506 e. The number of anilines is 1. The second kappa shape index (κ2) is 8.66. The van der Waals surface area contributed by atoms with Crippen molar-refractivity contribution in [2.45, 2.75) is 15.0 Å². The smallest absolute Gasteiger partial charge is 0.236 e. The van der Waals surface area contributed by atoms with Crippen LogP contribution in [0.1, 0.15) is 5.56 Å². The normalized spacial score (nSPS) is 11.8. The molecule has 0 unspecified atom stereocenters. The molecule has 1 aromatic heterocycles. The van der Waals surface area contributed by atoms with E-state index < -0.39 is 15.8 Å². The van der Waals surface area contributed by atoms with Crippen LogP contribution in [0, 0.1) is 5.82 Å². The molecule has 0 aliphatic rings. The Morgan fingerprint density at radius 3 is 2.52 bits per heavy atom. The van der Waals surface area contributed by atoms with Crippen LogP contribution in [0.25, 0.3) is 21.0 Å². The van der Waals surface area contributed by atoms with Crippen LogP contribution < -0.4 is 4.72 Å². The number of thiazole rings is 1. The van der Waals surface area contributed by atoms with E-state index in [0.29, 0.717) is 26.9 Å². The summed E-state index contributed by atoms with van der Waals surface area (Å²) in [5, 5.41) is 12.0. The van der Waals surface area contributed by atoms with Crippen LogP contribution in [0.5, 0.6) is 5.75 Å². The molecule has 1 heterocycles. The Balaban J connectivity index is 1.53. The summed E-state index contributed by atoms with van der Waals surface area (Å²) in [6.45, 7) is 0. The van der Waals surface area contributed by atoms with Gasteiger partial charge in [0.05, 0.1) is 26.6 Å². The highest BCUT2D eigenvalue weighted by atomic mass is 32.2. The van der Waals surface area contributed by atoms with Crippen molar-refractivity contribution in [2.75, 3.05) is 4.72 Å². The zero-order chi connectivity index (χ0) is 23.0. The maximum absolute atomic E-state index is 13.5. The van der Waals surface area contributed by atoms with Gasteiger partial charge >= 0.3 is 0 Å². The molecule has 0 aliphatic carbocycles. The molecular formula is C24H17FN2O3S3. The summed E-state index contributed by atoms with van der Waals surface area (Å²) in [6.07, 6.45) is 0. The molecular weight excluding hydrogens is 479 g/mol. The van der Waals surface area contributed by atoms with Crippen molar-refractivity contribution in [3.63, 3.8) is 0 Å². The molecule has 0 fully saturated rings. The van der Waals surface area contributed by atoms with Gasteiger partial charge in [-0.2, -0.15) is 0 Å². The Morgan fingerprint density at radius 2 is 1.73 bits per heavy atom. The fraction of sp³-hybridized carbons (Fsp3) is 0.0417. The number of benzene rings is 4. The van der Waals surface area contributed by atoms with E-state index in [1.54, 1.807) is 36.4 Å². The molecule has 0 saturated carbocycles. The van der Waals surface area contributed by atoms with Crippen molar-refractivity contribution in [3.8, 4) is 5.75 Å². The van der Waals surface area contributed by atoms with E-state index in [4.69, 9.17) is 0 Å². The summed E-state index contributed by atoms with van der Waals surface area (Å²) < 4.78 is 43.6. The first kappa shape index (κ1) is 21.7. The second-order valence-electron chi connectivity index (χ2n) is 7.36. The van der Waals surface area contributed by atoms with Crippen LogP contribution >= 0.6 is 23.1 Å². The lowest BCUT2D eigenvalue weighted by Gasteiger charge is -2.14. The topological polar surface area (TPSA) is 79.3 Å². The first-order valence-corrected chi connectivity index (χ1v) is 13.2. The van der Waals surface area contributed by atoms with Crippen molar-refractivity contribution in [1.29, 1.82) is 0 Å². The molecule has 0 aliphatic heterocycles. The molecule has 0 amide bonds. The minimum Gasteiger partial charge on any atom is -0.506 e. The lowest BCUT2D eigenvalue weighted by atomic mass is 10.1. The van der Waals surface area contributed by atoms with Crippen LogP contribution in [-0.4, -0.2) is 18.5 Å². The number of nitrogens with one attached hydrogen (secondary N) is 1. The third kappa shape index (κ3) is 4.66. The van der Waals surface area contributed by atoms with E-state index in [1.165, 1.54) is 41.3 Å². The number of para-hydroxylation sites is 1. The molecule has 4 aromatic carbocycles. The average Bonchev–Trinajstić information content (AvgIpc) is 3.19. The highest BCUT2D eigenvalue weighted by molar-refractivity contribution is 8.01. The molecule has 9 heteroatoms. The van der Waals surface area contributed by atoms with E-state index in [2.05, 4.69) is 9.71 Å². The fourth-order valence-electron chi connectivity index (χ4n) is 3.54. The highest BCUT2D eigenvalue weighted by Gasteiger charge is 2.19. The van der Waals surface area contributed by atoms with Crippen LogP contribution in [0.15, 0.2) is 88.1 Å². The molecule has 0 atom stereocenters. The van der Waals surface area contributed by atoms with E-state index in [9.17, 15) is 17.9 Å². The van der Waals surface area contributed by atoms with Gasteiger partial charge in [-0.05, 0) is 35.9 Å². The van der Waals surface area contributed by atoms with Crippen LogP contribution in [0.4, 0.5) is 10.1 Å². The maximum Gasteiger partial charge on any atom is 0.236 e. The van der Waals surface area contributed by atoms with Crippen molar-refractivity contribution >= 4 is 59.8 Å². The van der Waals surface area contributed by atoms with E-state index in [0.717, 1.165) is 14.6 Å². The highest BCUT2D eigenvalue weighted by Crippen LogP contribution is 2.44. The Kier molecular flexibility index (Phi) is 5.69. The van der Waals surface area contributed by atoms with Crippen LogP contribution in [0.2, 0.25) is 0 Å². The van der Waals surface area contributed by atoms with Crippen LogP contribution in [-0.2, 0) is 15.8 Å². The van der Waals surface area contributed by atoms with Gasteiger partial charge in [0.25, 0.3) is 0 Å². The van der Waals surface area contributed by atoms with Crippen LogP contribution in [0.3, 0.4) is 0 Å². The van der Waals surface area contributed by atoms with Gasteiger partial charge in [-0.1, -0.05) is 60.3 Å². The van der Waals surface area contributed by atoms with Crippen molar-refractivity contribution in [2.24, 2.45) is 0 Å². The SMILES string of the molecule is O=S(=O)(Cc1cccc(F)c1)Nc1cc(Sc2nc3ccccc3s2)c(O)c2ccccc12. The number of phenols is 1. The van der Waals surface area contributed by atoms with Gasteiger partial charge in [-0.15, -0.1) is 11.3 Å². The Hall–Kier alpha value is -3.14. The van der Waals surface area contributed by atoms with Crippen molar-refractivity contribution < 1.29 is 17.9 Å². The lowest BCUT2D eigenvalue weighted by Crippen LogP contribution is -2.15. The summed E-state index contributed by atoms with van der Waals surface area (Å²) in [4.78, 5) is 5.08. The van der Waals surface area contributed by atoms with Gasteiger partial charge in [-0.25, -0.2) is 17.8 Å². The third-order valence-corrected chi connectivity index (χ3v) is 8.34. The zero-order valence-electron chi connectivity index (χ0n) is 17.0. The first-order valence-electron chi connectivity index (χ1n) is 9.91. The summed E-state index contributed by atoms with van der Waals surface area (Å²) in [5.74, 6) is -0.810. The van der Waals surface area contributed by atoms with Crippen molar-refractivity contribution in [3.05, 3.63) is 90.2 Å². The molecule has 5 rings (SSSR count). The minimum atomic E-state index is -3.84. The van der Waals surface area contributed by atoms with Gasteiger partial charge in [-0.3, -0.25) is 4.72 Å². The molecule has 0 radical (unpaired) electrons. The number of hydrogen-bond acceptors (Lipinski definition) is 6. The molecule has 0 bridgehead atoms. The number of sulfonamides is 1. The molecule has 33 heavy (non-hydrogen) atoms. The predicted octanol–water partition coefficient (Wildman–Crippen LogP) is 6.39. The number of aromatic nitrogens is 1. The zero-order valence-corrected chi connectivity index (χ0v) is 19.5. The molecule has 5 nitrogen and oxygen atoms in total. The number of aromatic hydroxyl groups is 1. The first-order chi connectivity index (χ1) is 15.9. The molecule has 0 saturated heterocycles. The number of fused-ring (bicyclic) bond motifs is 2. The van der Waals surface area contributed by atoms with Crippen molar-refractivity contribution in [1.82, 2.24) is 4.98 Å². The number of rotatable bonds is 6. The average molecular weight is 497 g/mol. The summed E-state index contributed by atoms with van der Waals surface area (Å²) in [7, 11) is -3.84. The summed E-state index contributed by atoms with van der Waals surface area (Å²) in [5.41, 5.74) is 1.54. The lowest BCUT2D eigenvalue weighted by molar-refractivity contribution is 0.469. The van der Waals surface area contributed by atoms with Gasteiger partial charge in [0, 0.05) is 10.8 Å². The second-order valence-corrected chi connectivity index (χ2v) is 11.4. The predicted molar refractivity (Wildman–Crippen MR) is 132 cm³/mol. The number of hydrogen-bond donors (Lipinski definition) is 2. The maximum atomic E-state index is 13.5. The summed E-state index contributed by atoms with van der Waals surface area (Å²) >= 11 is 2.77. The van der Waals surface area contributed by atoms with E-state index in [-0.39, 0.29) is 11.5 Å². The fourth-order valence-corrected chi connectivity index (χ4v) is 6.85. The standard InChI is InChI=1S/C24H17FN2O3S3/c25-16-7-5-6-15(12-16)14-33(29,30)27-20-13-22(23(28)18-9-2-1-8-17(18)20)32-24-26-19-10-3-4-11-21(19)31-24/h1-13,27-28H,14H2. The quantitative estimate of drug-likeness (QED) is 0.266. The van der Waals surface area contributed by atoms with Gasteiger partial charge < -0.3 is 5.11 Å². The van der Waals surface area contributed by atoms with E-state index >= 15 is 0 Å². The molecule has 166 valence electrons.